The van der Waals surface area contributed by atoms with Crippen molar-refractivity contribution in [3.63, 3.8) is 0 Å². The molecular weight excluding hydrogens is 272 g/mol. The highest BCUT2D eigenvalue weighted by atomic mass is 35.5. The van der Waals surface area contributed by atoms with E-state index >= 15 is 0 Å². The molecule has 1 aliphatic carbocycles. The summed E-state index contributed by atoms with van der Waals surface area (Å²) in [5.74, 6) is -0.380. The van der Waals surface area contributed by atoms with E-state index in [0.29, 0.717) is 11.1 Å². The van der Waals surface area contributed by atoms with Crippen LogP contribution in [0.25, 0.3) is 0 Å². The van der Waals surface area contributed by atoms with Gasteiger partial charge < -0.3 is 5.73 Å². The van der Waals surface area contributed by atoms with Crippen molar-refractivity contribution in [2.45, 2.75) is 57.0 Å². The van der Waals surface area contributed by atoms with Crippen molar-refractivity contribution in [2.75, 3.05) is 0 Å². The molecular formula is C16H23ClN2O. The summed E-state index contributed by atoms with van der Waals surface area (Å²) in [6.45, 7) is 1.83. The van der Waals surface area contributed by atoms with E-state index in [4.69, 9.17) is 17.3 Å². The van der Waals surface area contributed by atoms with Gasteiger partial charge >= 0.3 is 0 Å². The van der Waals surface area contributed by atoms with Crippen LogP contribution in [0.4, 0.5) is 0 Å². The normalized spacial score (nSPS) is 20.1. The van der Waals surface area contributed by atoms with Crippen molar-refractivity contribution in [2.24, 2.45) is 5.73 Å². The lowest BCUT2D eigenvalue weighted by Crippen LogP contribution is -2.54. The first kappa shape index (κ1) is 15.3. The number of halogens is 1. The van der Waals surface area contributed by atoms with Gasteiger partial charge in [-0.05, 0) is 31.4 Å². The molecule has 1 aromatic carbocycles. The average Bonchev–Trinajstić information content (AvgIpc) is 2.67. The Balaban J connectivity index is 2.25. The zero-order valence-electron chi connectivity index (χ0n) is 12.0. The van der Waals surface area contributed by atoms with Gasteiger partial charge in [0.15, 0.2) is 0 Å². The van der Waals surface area contributed by atoms with Crippen molar-refractivity contribution in [3.05, 3.63) is 34.9 Å². The van der Waals surface area contributed by atoms with E-state index in [1.54, 1.807) is 6.07 Å². The molecule has 0 heterocycles. The van der Waals surface area contributed by atoms with E-state index in [2.05, 4.69) is 5.32 Å². The molecule has 1 aromatic rings. The van der Waals surface area contributed by atoms with E-state index in [1.165, 1.54) is 25.7 Å². The molecule has 0 saturated heterocycles. The summed E-state index contributed by atoms with van der Waals surface area (Å²) in [5.41, 5.74) is 5.52. The number of nitrogens with one attached hydrogen (secondary N) is 1. The van der Waals surface area contributed by atoms with Gasteiger partial charge in [-0.3, -0.25) is 10.1 Å². The Morgan fingerprint density at radius 3 is 2.40 bits per heavy atom. The second-order valence-electron chi connectivity index (χ2n) is 5.80. The van der Waals surface area contributed by atoms with Crippen LogP contribution < -0.4 is 11.1 Å². The minimum Gasteiger partial charge on any atom is -0.368 e. The summed E-state index contributed by atoms with van der Waals surface area (Å²) in [6, 6.07) is 7.74. The molecule has 0 spiro atoms. The van der Waals surface area contributed by atoms with Crippen molar-refractivity contribution < 1.29 is 4.79 Å². The predicted molar refractivity (Wildman–Crippen MR) is 82.6 cm³/mol. The van der Waals surface area contributed by atoms with Gasteiger partial charge in [-0.25, -0.2) is 0 Å². The Morgan fingerprint density at radius 1 is 1.25 bits per heavy atom. The maximum atomic E-state index is 12.0. The molecule has 2 rings (SSSR count). The van der Waals surface area contributed by atoms with Crippen LogP contribution in [-0.4, -0.2) is 11.9 Å². The number of carbonyl (C=O) groups is 1. The van der Waals surface area contributed by atoms with Crippen LogP contribution in [0.15, 0.2) is 24.3 Å². The first-order valence-electron chi connectivity index (χ1n) is 7.36. The van der Waals surface area contributed by atoms with Gasteiger partial charge in [0.05, 0.1) is 0 Å². The maximum Gasteiger partial charge on any atom is 0.242 e. The van der Waals surface area contributed by atoms with Gasteiger partial charge in [0.2, 0.25) is 5.91 Å². The van der Waals surface area contributed by atoms with E-state index in [-0.39, 0.29) is 5.91 Å². The summed E-state index contributed by atoms with van der Waals surface area (Å²) in [4.78, 5) is 12.0. The van der Waals surface area contributed by atoms with Gasteiger partial charge in [-0.2, -0.15) is 0 Å². The Hall–Kier alpha value is -1.06. The van der Waals surface area contributed by atoms with Crippen LogP contribution in [-0.2, 0) is 10.3 Å². The smallest absolute Gasteiger partial charge is 0.242 e. The molecule has 0 aromatic heterocycles. The summed E-state index contributed by atoms with van der Waals surface area (Å²) in [6.07, 6.45) is 7.14. The summed E-state index contributed by atoms with van der Waals surface area (Å²) < 4.78 is 0. The number of amides is 1. The van der Waals surface area contributed by atoms with Gasteiger partial charge in [-0.15, -0.1) is 0 Å². The molecule has 1 aliphatic rings. The number of nitrogens with two attached hydrogens (primary N) is 1. The Morgan fingerprint density at radius 2 is 1.85 bits per heavy atom. The number of benzene rings is 1. The largest absolute Gasteiger partial charge is 0.368 e. The third kappa shape index (κ3) is 3.33. The highest BCUT2D eigenvalue weighted by Crippen LogP contribution is 2.30. The molecule has 3 N–H and O–H groups in total. The van der Waals surface area contributed by atoms with Crippen molar-refractivity contribution in [1.29, 1.82) is 0 Å². The van der Waals surface area contributed by atoms with Gasteiger partial charge in [0.25, 0.3) is 0 Å². The second kappa shape index (κ2) is 6.59. The van der Waals surface area contributed by atoms with Crippen LogP contribution >= 0.6 is 11.6 Å². The third-order valence-corrected chi connectivity index (χ3v) is 4.58. The predicted octanol–water partition coefficient (Wildman–Crippen LogP) is 3.35. The number of primary amides is 1. The van der Waals surface area contributed by atoms with Gasteiger partial charge in [-0.1, -0.05) is 55.5 Å². The topological polar surface area (TPSA) is 55.1 Å². The number of hydrogen-bond acceptors (Lipinski definition) is 2. The first-order valence-corrected chi connectivity index (χ1v) is 7.74. The fourth-order valence-corrected chi connectivity index (χ4v) is 3.30. The molecule has 110 valence electrons. The van der Waals surface area contributed by atoms with Gasteiger partial charge in [0, 0.05) is 11.1 Å². The molecule has 1 amide bonds. The average molecular weight is 295 g/mol. The van der Waals surface area contributed by atoms with Crippen LogP contribution in [0.1, 0.15) is 51.0 Å². The van der Waals surface area contributed by atoms with Crippen LogP contribution in [0.3, 0.4) is 0 Å². The molecule has 1 saturated carbocycles. The standard InChI is InChI=1S/C16H23ClN2O/c1-16(15(18)20,13-10-6-7-11-14(13)17)19-12-8-4-2-3-5-9-12/h6-7,10-12,19H,2-5,8-9H2,1H3,(H2,18,20). The highest BCUT2D eigenvalue weighted by molar-refractivity contribution is 6.31. The lowest BCUT2D eigenvalue weighted by atomic mass is 9.89. The second-order valence-corrected chi connectivity index (χ2v) is 6.21. The number of hydrogen-bond donors (Lipinski definition) is 2. The monoisotopic (exact) mass is 294 g/mol. The zero-order valence-corrected chi connectivity index (χ0v) is 12.7. The van der Waals surface area contributed by atoms with Crippen LogP contribution in [0.5, 0.6) is 0 Å². The minimum atomic E-state index is -0.909. The molecule has 4 heteroatoms. The number of carbonyl (C=O) groups excluding carboxylic acids is 1. The zero-order chi connectivity index (χ0) is 14.6. The summed E-state index contributed by atoms with van der Waals surface area (Å²) in [5, 5.41) is 4.05. The molecule has 20 heavy (non-hydrogen) atoms. The molecule has 1 fully saturated rings. The lowest BCUT2D eigenvalue weighted by Gasteiger charge is -2.33. The fourth-order valence-electron chi connectivity index (χ4n) is 2.98. The first-order chi connectivity index (χ1) is 9.54. The van der Waals surface area contributed by atoms with Crippen molar-refractivity contribution in [1.82, 2.24) is 5.32 Å². The van der Waals surface area contributed by atoms with Crippen LogP contribution in [0, 0.1) is 0 Å². The minimum absolute atomic E-state index is 0.325. The maximum absolute atomic E-state index is 12.0. The third-order valence-electron chi connectivity index (χ3n) is 4.25. The molecule has 0 radical (unpaired) electrons. The number of rotatable bonds is 4. The highest BCUT2D eigenvalue weighted by Gasteiger charge is 2.36. The van der Waals surface area contributed by atoms with Crippen molar-refractivity contribution >= 4 is 17.5 Å². The van der Waals surface area contributed by atoms with E-state index < -0.39 is 5.54 Å². The Labute approximate surface area is 125 Å². The van der Waals surface area contributed by atoms with E-state index in [9.17, 15) is 4.79 Å². The fraction of sp³-hybridized carbons (Fsp3) is 0.562. The van der Waals surface area contributed by atoms with E-state index in [1.807, 2.05) is 25.1 Å². The summed E-state index contributed by atoms with van der Waals surface area (Å²) in [7, 11) is 0. The van der Waals surface area contributed by atoms with E-state index in [0.717, 1.165) is 18.4 Å². The Kier molecular flexibility index (Phi) is 5.06. The molecule has 1 unspecified atom stereocenters. The Bertz CT molecular complexity index is 469. The summed E-state index contributed by atoms with van der Waals surface area (Å²) >= 11 is 6.25. The molecule has 3 nitrogen and oxygen atoms in total. The molecule has 1 atom stereocenters. The molecule has 0 bridgehead atoms. The quantitative estimate of drug-likeness (QED) is 0.837. The lowest BCUT2D eigenvalue weighted by molar-refractivity contribution is -0.124. The van der Waals surface area contributed by atoms with Crippen LogP contribution in [0.2, 0.25) is 5.02 Å². The van der Waals surface area contributed by atoms with Gasteiger partial charge in [0.1, 0.15) is 5.54 Å². The van der Waals surface area contributed by atoms with Crippen molar-refractivity contribution in [3.8, 4) is 0 Å². The molecule has 0 aliphatic heterocycles. The SMILES string of the molecule is CC(NC1CCCCCC1)(C(N)=O)c1ccccc1Cl.